The number of carbonyl (C=O) groups excluding carboxylic acids is 2. The molecule has 5 heteroatoms. The van der Waals surface area contributed by atoms with Gasteiger partial charge in [0, 0.05) is 18.3 Å². The Labute approximate surface area is 112 Å². The Bertz CT molecular complexity index is 493. The van der Waals surface area contributed by atoms with Crippen molar-refractivity contribution in [2.75, 3.05) is 18.9 Å². The second-order valence-corrected chi connectivity index (χ2v) is 4.75. The molecule has 1 fully saturated rings. The highest BCUT2D eigenvalue weighted by atomic mass is 16.2. The fourth-order valence-corrected chi connectivity index (χ4v) is 2.22. The number of nitrogens with one attached hydrogen (secondary N) is 3. The fraction of sp³-hybridized carbons (Fsp3) is 0.429. The lowest BCUT2D eigenvalue weighted by Gasteiger charge is -2.13. The summed E-state index contributed by atoms with van der Waals surface area (Å²) in [5.41, 5.74) is 2.23. The first kappa shape index (κ1) is 13.5. The van der Waals surface area contributed by atoms with Gasteiger partial charge >= 0.3 is 0 Å². The van der Waals surface area contributed by atoms with Gasteiger partial charge in [0.05, 0.1) is 6.04 Å². The molecular formula is C14H19N3O2. The van der Waals surface area contributed by atoms with Crippen LogP contribution in [-0.4, -0.2) is 31.4 Å². The summed E-state index contributed by atoms with van der Waals surface area (Å²) in [6, 6.07) is 5.16. The lowest BCUT2D eigenvalue weighted by Crippen LogP contribution is -2.35. The van der Waals surface area contributed by atoms with E-state index >= 15 is 0 Å². The number of amides is 2. The lowest BCUT2D eigenvalue weighted by atomic mass is 10.1. The van der Waals surface area contributed by atoms with Crippen LogP contribution in [0.4, 0.5) is 5.69 Å². The first-order valence-electron chi connectivity index (χ1n) is 6.49. The zero-order valence-corrected chi connectivity index (χ0v) is 11.2. The van der Waals surface area contributed by atoms with E-state index in [0.29, 0.717) is 5.56 Å². The Balaban J connectivity index is 2.08. The van der Waals surface area contributed by atoms with Gasteiger partial charge in [0.15, 0.2) is 0 Å². The van der Waals surface area contributed by atoms with Gasteiger partial charge in [0.1, 0.15) is 0 Å². The maximum atomic E-state index is 12.0. The Hall–Kier alpha value is -1.88. The molecular weight excluding hydrogens is 242 g/mol. The first-order chi connectivity index (χ1) is 9.11. The highest BCUT2D eigenvalue weighted by Gasteiger charge is 2.22. The van der Waals surface area contributed by atoms with Gasteiger partial charge in [-0.2, -0.15) is 0 Å². The highest BCUT2D eigenvalue weighted by Crippen LogP contribution is 2.18. The van der Waals surface area contributed by atoms with Gasteiger partial charge in [-0.05, 0) is 50.1 Å². The summed E-state index contributed by atoms with van der Waals surface area (Å²) in [7, 11) is 1.60. The van der Waals surface area contributed by atoms with E-state index in [1.807, 2.05) is 6.92 Å². The van der Waals surface area contributed by atoms with Crippen LogP contribution < -0.4 is 16.0 Å². The molecule has 0 spiro atoms. The molecule has 0 unspecified atom stereocenters. The van der Waals surface area contributed by atoms with Gasteiger partial charge < -0.3 is 16.0 Å². The van der Waals surface area contributed by atoms with Crippen LogP contribution in [0.1, 0.15) is 28.8 Å². The van der Waals surface area contributed by atoms with E-state index in [1.54, 1.807) is 25.2 Å². The Morgan fingerprint density at radius 3 is 2.74 bits per heavy atom. The summed E-state index contributed by atoms with van der Waals surface area (Å²) < 4.78 is 0. The molecule has 2 rings (SSSR count). The van der Waals surface area contributed by atoms with Gasteiger partial charge in [-0.3, -0.25) is 9.59 Å². The molecule has 0 saturated carbocycles. The van der Waals surface area contributed by atoms with Crippen molar-refractivity contribution in [3.63, 3.8) is 0 Å². The molecule has 1 atom stereocenters. The average molecular weight is 261 g/mol. The van der Waals surface area contributed by atoms with E-state index in [4.69, 9.17) is 0 Å². The quantitative estimate of drug-likeness (QED) is 0.761. The summed E-state index contributed by atoms with van der Waals surface area (Å²) in [5.74, 6) is -0.133. The SMILES string of the molecule is CNC(=O)c1ccc(NC(=O)[C@@H]2CCCN2)c(C)c1. The van der Waals surface area contributed by atoms with E-state index in [9.17, 15) is 9.59 Å². The zero-order chi connectivity index (χ0) is 13.8. The predicted molar refractivity (Wildman–Crippen MR) is 74.2 cm³/mol. The van der Waals surface area contributed by atoms with Crippen LogP contribution in [0.25, 0.3) is 0 Å². The molecule has 5 nitrogen and oxygen atoms in total. The number of anilines is 1. The van der Waals surface area contributed by atoms with Crippen LogP contribution in [0.2, 0.25) is 0 Å². The van der Waals surface area contributed by atoms with Crippen molar-refractivity contribution in [1.82, 2.24) is 10.6 Å². The second-order valence-electron chi connectivity index (χ2n) is 4.75. The molecule has 2 amide bonds. The van der Waals surface area contributed by atoms with Gasteiger partial charge in [0.2, 0.25) is 5.91 Å². The molecule has 0 aromatic heterocycles. The maximum Gasteiger partial charge on any atom is 0.251 e. The first-order valence-corrected chi connectivity index (χ1v) is 6.49. The smallest absolute Gasteiger partial charge is 0.251 e. The fourth-order valence-electron chi connectivity index (χ4n) is 2.22. The lowest BCUT2D eigenvalue weighted by molar-refractivity contribution is -0.117. The standard InChI is InChI=1S/C14H19N3O2/c1-9-8-10(13(18)15-2)5-6-11(9)17-14(19)12-4-3-7-16-12/h5-6,8,12,16H,3-4,7H2,1-2H3,(H,15,18)(H,17,19)/t12-/m0/s1. The minimum Gasteiger partial charge on any atom is -0.355 e. The molecule has 0 bridgehead atoms. The number of aryl methyl sites for hydroxylation is 1. The Morgan fingerprint density at radius 2 is 2.16 bits per heavy atom. The van der Waals surface area contributed by atoms with Crippen molar-refractivity contribution in [3.8, 4) is 0 Å². The van der Waals surface area contributed by atoms with Crippen molar-refractivity contribution in [2.24, 2.45) is 0 Å². The zero-order valence-electron chi connectivity index (χ0n) is 11.2. The third-order valence-electron chi connectivity index (χ3n) is 3.35. The highest BCUT2D eigenvalue weighted by molar-refractivity contribution is 5.98. The van der Waals surface area contributed by atoms with Crippen molar-refractivity contribution < 1.29 is 9.59 Å². The Kier molecular flexibility index (Phi) is 4.16. The summed E-state index contributed by atoms with van der Waals surface area (Å²) in [6.45, 7) is 2.77. The van der Waals surface area contributed by atoms with Crippen molar-refractivity contribution in [2.45, 2.75) is 25.8 Å². The summed E-state index contributed by atoms with van der Waals surface area (Å²) in [5, 5.41) is 8.64. The summed E-state index contributed by atoms with van der Waals surface area (Å²) in [6.07, 6.45) is 1.91. The molecule has 1 heterocycles. The molecule has 19 heavy (non-hydrogen) atoms. The van der Waals surface area contributed by atoms with Crippen LogP contribution in [0.15, 0.2) is 18.2 Å². The molecule has 102 valence electrons. The predicted octanol–water partition coefficient (Wildman–Crippen LogP) is 1.05. The Morgan fingerprint density at radius 1 is 1.37 bits per heavy atom. The monoisotopic (exact) mass is 261 g/mol. The van der Waals surface area contributed by atoms with Gasteiger partial charge in [-0.25, -0.2) is 0 Å². The van der Waals surface area contributed by atoms with Gasteiger partial charge in [-0.15, -0.1) is 0 Å². The molecule has 3 N–H and O–H groups in total. The van der Waals surface area contributed by atoms with Crippen LogP contribution in [0, 0.1) is 6.92 Å². The van der Waals surface area contributed by atoms with Crippen molar-refractivity contribution >= 4 is 17.5 Å². The van der Waals surface area contributed by atoms with Crippen molar-refractivity contribution in [3.05, 3.63) is 29.3 Å². The number of rotatable bonds is 3. The second kappa shape index (κ2) is 5.84. The molecule has 1 aliphatic heterocycles. The number of benzene rings is 1. The van der Waals surface area contributed by atoms with Crippen molar-refractivity contribution in [1.29, 1.82) is 0 Å². The summed E-state index contributed by atoms with van der Waals surface area (Å²) in [4.78, 5) is 23.5. The van der Waals surface area contributed by atoms with Crippen LogP contribution >= 0.6 is 0 Å². The van der Waals surface area contributed by atoms with E-state index in [2.05, 4.69) is 16.0 Å². The minimum absolute atomic E-state index is 0.00621. The van der Waals surface area contributed by atoms with E-state index in [0.717, 1.165) is 30.6 Å². The van der Waals surface area contributed by atoms with Crippen LogP contribution in [0.5, 0.6) is 0 Å². The average Bonchev–Trinajstić information content (AvgIpc) is 2.94. The molecule has 1 aromatic rings. The van der Waals surface area contributed by atoms with Gasteiger partial charge in [0.25, 0.3) is 5.91 Å². The van der Waals surface area contributed by atoms with E-state index in [-0.39, 0.29) is 17.9 Å². The van der Waals surface area contributed by atoms with E-state index < -0.39 is 0 Å². The van der Waals surface area contributed by atoms with Crippen LogP contribution in [0.3, 0.4) is 0 Å². The molecule has 0 radical (unpaired) electrons. The third kappa shape index (κ3) is 3.12. The molecule has 1 aromatic carbocycles. The number of carbonyl (C=O) groups is 2. The minimum atomic E-state index is -0.126. The van der Waals surface area contributed by atoms with Crippen LogP contribution in [-0.2, 0) is 4.79 Å². The maximum absolute atomic E-state index is 12.0. The third-order valence-corrected chi connectivity index (χ3v) is 3.35. The molecule has 1 saturated heterocycles. The normalized spacial score (nSPS) is 18.1. The number of hydrogen-bond donors (Lipinski definition) is 3. The molecule has 1 aliphatic rings. The topological polar surface area (TPSA) is 70.2 Å². The van der Waals surface area contributed by atoms with Gasteiger partial charge in [-0.1, -0.05) is 0 Å². The molecule has 0 aliphatic carbocycles. The summed E-state index contributed by atoms with van der Waals surface area (Å²) >= 11 is 0. The van der Waals surface area contributed by atoms with E-state index in [1.165, 1.54) is 0 Å². The number of hydrogen-bond acceptors (Lipinski definition) is 3. The largest absolute Gasteiger partial charge is 0.355 e.